The predicted molar refractivity (Wildman–Crippen MR) is 179 cm³/mol. The topological polar surface area (TPSA) is 75.1 Å². The van der Waals surface area contributed by atoms with Crippen LogP contribution in [0.2, 0.25) is 0 Å². The smallest absolute Gasteiger partial charge is 0.207 e. The normalized spacial score (nSPS) is 15.2. The second kappa shape index (κ2) is 13.9. The number of benzene rings is 1. The average Bonchev–Trinajstić information content (AvgIpc) is 3.62. The van der Waals surface area contributed by atoms with Crippen molar-refractivity contribution in [3.8, 4) is 22.5 Å². The van der Waals surface area contributed by atoms with Gasteiger partial charge >= 0.3 is 0 Å². The van der Waals surface area contributed by atoms with Gasteiger partial charge in [0.2, 0.25) is 6.41 Å². The number of carbonyl (C=O) groups excluding carboxylic acids is 1. The minimum atomic E-state index is -0.206. The van der Waals surface area contributed by atoms with E-state index < -0.39 is 0 Å². The summed E-state index contributed by atoms with van der Waals surface area (Å²) >= 11 is 1.64. The highest BCUT2D eigenvalue weighted by Gasteiger charge is 2.24. The number of nitrogens with one attached hydrogen (secondary N) is 2. The minimum Gasteiger partial charge on any atom is -0.350 e. The van der Waals surface area contributed by atoms with Gasteiger partial charge in [0, 0.05) is 65.4 Å². The number of fused-ring (bicyclic) bond motifs is 1. The molecule has 4 heterocycles. The lowest BCUT2D eigenvalue weighted by atomic mass is 9.92. The maximum atomic E-state index is 11.5. The third kappa shape index (κ3) is 6.55. The van der Waals surface area contributed by atoms with Crippen molar-refractivity contribution in [3.05, 3.63) is 70.4 Å². The molecule has 2 unspecified atom stereocenters. The summed E-state index contributed by atoms with van der Waals surface area (Å²) in [5.41, 5.74) is 12.7. The van der Waals surface area contributed by atoms with Crippen molar-refractivity contribution in [2.45, 2.75) is 85.2 Å². The molecule has 43 heavy (non-hydrogen) atoms. The Bertz CT molecular complexity index is 1560. The number of hydrogen-bond acceptors (Lipinski definition) is 6. The van der Waals surface area contributed by atoms with Gasteiger partial charge in [0.25, 0.3) is 0 Å². The molecule has 1 amide bonds. The first kappa shape index (κ1) is 31.0. The van der Waals surface area contributed by atoms with E-state index in [1.54, 1.807) is 11.3 Å². The largest absolute Gasteiger partial charge is 0.350 e. The van der Waals surface area contributed by atoms with Crippen molar-refractivity contribution in [3.63, 3.8) is 0 Å². The van der Waals surface area contributed by atoms with Crippen molar-refractivity contribution in [2.24, 2.45) is 5.92 Å². The van der Waals surface area contributed by atoms with E-state index in [4.69, 9.17) is 9.97 Å². The number of rotatable bonds is 13. The van der Waals surface area contributed by atoms with Crippen LogP contribution in [0.1, 0.15) is 76.1 Å². The van der Waals surface area contributed by atoms with Gasteiger partial charge in [-0.25, -0.2) is 10.4 Å². The highest BCUT2D eigenvalue weighted by molar-refractivity contribution is 7.10. The van der Waals surface area contributed by atoms with E-state index in [-0.39, 0.29) is 6.04 Å². The molecule has 1 saturated heterocycles. The van der Waals surface area contributed by atoms with Crippen molar-refractivity contribution >= 4 is 28.6 Å². The molecule has 1 fully saturated rings. The molecule has 3 aromatic heterocycles. The Morgan fingerprint density at radius 2 is 2.02 bits per heavy atom. The van der Waals surface area contributed by atoms with Gasteiger partial charge in [-0.2, -0.15) is 0 Å². The van der Waals surface area contributed by atoms with E-state index in [0.717, 1.165) is 73.7 Å². The number of amides is 1. The maximum absolute atomic E-state index is 11.5. The fourth-order valence-corrected chi connectivity index (χ4v) is 7.08. The van der Waals surface area contributed by atoms with Crippen LogP contribution in [0.5, 0.6) is 0 Å². The number of nitrogens with zero attached hydrogens (tertiary/aromatic N) is 4. The molecule has 2 atom stereocenters. The van der Waals surface area contributed by atoms with E-state index >= 15 is 0 Å². The van der Waals surface area contributed by atoms with Gasteiger partial charge in [-0.3, -0.25) is 9.78 Å². The Labute approximate surface area is 260 Å². The number of aromatic nitrogens is 3. The Morgan fingerprint density at radius 3 is 2.72 bits per heavy atom. The molecule has 7 nitrogen and oxygen atoms in total. The molecule has 0 saturated carbocycles. The number of thiazole rings is 1. The molecule has 0 aliphatic carbocycles. The van der Waals surface area contributed by atoms with Crippen LogP contribution < -0.4 is 10.7 Å². The van der Waals surface area contributed by atoms with E-state index in [9.17, 15) is 4.79 Å². The SMILES string of the molecule is C=C(C(Cc1nc(-c2ccc3c(c2)c(CC(C)C)c(-c2cccnc2C(C)CC)n3CC)cs1)NC=O)N1CCCCN1. The molecule has 5 rings (SSSR count). The number of hydrazine groups is 1. The predicted octanol–water partition coefficient (Wildman–Crippen LogP) is 7.33. The molecule has 228 valence electrons. The maximum Gasteiger partial charge on any atom is 0.207 e. The van der Waals surface area contributed by atoms with Crippen LogP contribution in [0.3, 0.4) is 0 Å². The summed E-state index contributed by atoms with van der Waals surface area (Å²) in [6.07, 6.45) is 7.61. The van der Waals surface area contributed by atoms with Crippen molar-refractivity contribution < 1.29 is 4.79 Å². The van der Waals surface area contributed by atoms with E-state index in [2.05, 4.69) is 97.2 Å². The fourth-order valence-electron chi connectivity index (χ4n) is 6.23. The third-order valence-corrected chi connectivity index (χ3v) is 9.50. The summed E-state index contributed by atoms with van der Waals surface area (Å²) in [4.78, 5) is 21.4. The molecule has 2 N–H and O–H groups in total. The molecular weight excluding hydrogens is 552 g/mol. The molecule has 8 heteroatoms. The first-order chi connectivity index (χ1) is 20.9. The minimum absolute atomic E-state index is 0.206. The molecule has 0 spiro atoms. The van der Waals surface area contributed by atoms with Gasteiger partial charge in [-0.15, -0.1) is 11.3 Å². The summed E-state index contributed by atoms with van der Waals surface area (Å²) in [5, 5.41) is 9.46. The monoisotopic (exact) mass is 598 g/mol. The lowest BCUT2D eigenvalue weighted by Gasteiger charge is -2.34. The van der Waals surface area contributed by atoms with Gasteiger partial charge in [0.05, 0.1) is 28.1 Å². The number of hydrogen-bond donors (Lipinski definition) is 2. The Balaban J connectivity index is 1.53. The van der Waals surface area contributed by atoms with Crippen LogP contribution in [0.15, 0.2) is 54.2 Å². The van der Waals surface area contributed by atoms with Crippen molar-refractivity contribution in [1.82, 2.24) is 30.3 Å². The second-order valence-electron chi connectivity index (χ2n) is 12.1. The van der Waals surface area contributed by atoms with E-state index in [1.807, 2.05) is 6.20 Å². The molecule has 0 bridgehead atoms. The highest BCUT2D eigenvalue weighted by atomic mass is 32.1. The van der Waals surface area contributed by atoms with Crippen LogP contribution in [0.25, 0.3) is 33.4 Å². The van der Waals surface area contributed by atoms with Gasteiger partial charge in [-0.05, 0) is 74.3 Å². The Kier molecular flexibility index (Phi) is 9.98. The lowest BCUT2D eigenvalue weighted by Crippen LogP contribution is -2.48. The van der Waals surface area contributed by atoms with Gasteiger partial charge in [-0.1, -0.05) is 40.3 Å². The number of aryl methyl sites for hydroxylation is 1. The molecule has 1 aliphatic heterocycles. The van der Waals surface area contributed by atoms with Crippen molar-refractivity contribution in [2.75, 3.05) is 13.1 Å². The summed E-state index contributed by atoms with van der Waals surface area (Å²) in [5.74, 6) is 0.896. The van der Waals surface area contributed by atoms with Crippen LogP contribution in [0.4, 0.5) is 0 Å². The number of carbonyl (C=O) groups is 1. The molecule has 4 aromatic rings. The quantitative estimate of drug-likeness (QED) is 0.158. The first-order valence-corrected chi connectivity index (χ1v) is 16.7. The molecule has 1 aromatic carbocycles. The fraction of sp³-hybridized carbons (Fsp3) is 0.457. The number of pyridine rings is 1. The van der Waals surface area contributed by atoms with E-state index in [0.29, 0.717) is 18.3 Å². The lowest BCUT2D eigenvalue weighted by molar-refractivity contribution is -0.110. The zero-order chi connectivity index (χ0) is 30.5. The van der Waals surface area contributed by atoms with Crippen LogP contribution >= 0.6 is 11.3 Å². The molecule has 1 aliphatic rings. The summed E-state index contributed by atoms with van der Waals surface area (Å²) in [6.45, 7) is 18.4. The van der Waals surface area contributed by atoms with Gasteiger partial charge < -0.3 is 14.9 Å². The Hall–Kier alpha value is -3.49. The van der Waals surface area contributed by atoms with Crippen molar-refractivity contribution in [1.29, 1.82) is 0 Å². The standard InChI is InChI=1S/C35H46N6OS/c1-7-24(5)34-27(12-11-15-36-34)35-29(18-23(3)4)28-19-26(13-14-32(28)40(35)8-2)31-21-43-33(39-31)20-30(37-22-42)25(6)41-17-10-9-16-38-41/h11-15,19,21-24,30,38H,6-10,16-18,20H2,1-5H3,(H,37,42). The zero-order valence-corrected chi connectivity index (χ0v) is 27.1. The Morgan fingerprint density at radius 1 is 1.19 bits per heavy atom. The second-order valence-corrected chi connectivity index (χ2v) is 13.0. The molecular formula is C35H46N6OS. The zero-order valence-electron chi connectivity index (χ0n) is 26.3. The first-order valence-electron chi connectivity index (χ1n) is 15.8. The average molecular weight is 599 g/mol. The van der Waals surface area contributed by atoms with Gasteiger partial charge in [0.1, 0.15) is 0 Å². The summed E-state index contributed by atoms with van der Waals surface area (Å²) < 4.78 is 2.47. The van der Waals surface area contributed by atoms with Crippen LogP contribution in [-0.2, 0) is 24.2 Å². The van der Waals surface area contributed by atoms with Gasteiger partial charge in [0.15, 0.2) is 0 Å². The third-order valence-electron chi connectivity index (χ3n) is 8.63. The highest BCUT2D eigenvalue weighted by Crippen LogP contribution is 2.40. The summed E-state index contributed by atoms with van der Waals surface area (Å²) in [7, 11) is 0. The summed E-state index contributed by atoms with van der Waals surface area (Å²) in [6, 6.07) is 10.9. The molecule has 0 radical (unpaired) electrons. The van der Waals surface area contributed by atoms with Crippen LogP contribution in [0, 0.1) is 5.92 Å². The van der Waals surface area contributed by atoms with Crippen LogP contribution in [-0.4, -0.2) is 45.1 Å². The van der Waals surface area contributed by atoms with E-state index in [1.165, 1.54) is 33.4 Å².